The van der Waals surface area contributed by atoms with Gasteiger partial charge < -0.3 is 14.4 Å². The predicted octanol–water partition coefficient (Wildman–Crippen LogP) is 3.22. The smallest absolute Gasteiger partial charge is 0.377 e. The van der Waals surface area contributed by atoms with Gasteiger partial charge in [-0.05, 0) is 18.2 Å². The third-order valence-corrected chi connectivity index (χ3v) is 5.16. The molecule has 1 aromatic heterocycles. The Kier molecular flexibility index (Phi) is 4.83. The summed E-state index contributed by atoms with van der Waals surface area (Å²) in [7, 11) is -1.14. The highest BCUT2D eigenvalue weighted by Crippen LogP contribution is 2.21. The van der Waals surface area contributed by atoms with Crippen molar-refractivity contribution >= 4 is 30.7 Å². The maximum atomic E-state index is 11.8. The number of carboxylic acid groups (broad SMARTS) is 1. The van der Waals surface area contributed by atoms with E-state index in [4.69, 9.17) is 9.84 Å². The summed E-state index contributed by atoms with van der Waals surface area (Å²) in [6, 6.07) is 8.00. The molecule has 0 saturated carbocycles. The highest BCUT2D eigenvalue weighted by molar-refractivity contribution is 6.76. The summed E-state index contributed by atoms with van der Waals surface area (Å²) in [5.74, 6) is -2.34. The molecule has 6 heteroatoms. The Morgan fingerprint density at radius 1 is 1.23 bits per heavy atom. The van der Waals surface area contributed by atoms with Crippen LogP contribution in [0.25, 0.3) is 10.9 Å². The van der Waals surface area contributed by atoms with Gasteiger partial charge in [0.15, 0.2) is 0 Å². The van der Waals surface area contributed by atoms with Gasteiger partial charge in [-0.25, -0.2) is 4.79 Å². The number of aromatic nitrogens is 1. The van der Waals surface area contributed by atoms with E-state index in [2.05, 4.69) is 19.6 Å². The second kappa shape index (κ2) is 6.45. The van der Waals surface area contributed by atoms with Crippen molar-refractivity contribution in [1.29, 1.82) is 0 Å². The zero-order valence-electron chi connectivity index (χ0n) is 13.1. The Morgan fingerprint density at radius 2 is 1.95 bits per heavy atom. The Balaban J connectivity index is 2.20. The number of carboxylic acids is 1. The van der Waals surface area contributed by atoms with Crippen LogP contribution in [-0.2, 0) is 16.3 Å². The number of hydrogen-bond donors (Lipinski definition) is 1. The number of carbonyl (C=O) groups is 2. The van der Waals surface area contributed by atoms with Crippen LogP contribution in [0.3, 0.4) is 0 Å². The molecular formula is C16H21NO4Si. The van der Waals surface area contributed by atoms with Crippen molar-refractivity contribution in [3.8, 4) is 0 Å². The van der Waals surface area contributed by atoms with Gasteiger partial charge in [-0.15, -0.1) is 0 Å². The van der Waals surface area contributed by atoms with Crippen molar-refractivity contribution in [2.24, 2.45) is 0 Å². The third-order valence-electron chi connectivity index (χ3n) is 3.45. The van der Waals surface area contributed by atoms with Crippen LogP contribution in [0.15, 0.2) is 30.5 Å². The second-order valence-corrected chi connectivity index (χ2v) is 12.1. The molecule has 0 aliphatic rings. The molecule has 22 heavy (non-hydrogen) atoms. The summed E-state index contributed by atoms with van der Waals surface area (Å²) in [5.41, 5.74) is 0.812. The molecule has 0 amide bonds. The van der Waals surface area contributed by atoms with Crippen molar-refractivity contribution in [1.82, 2.24) is 4.57 Å². The largest absolute Gasteiger partial charge is 0.475 e. The summed E-state index contributed by atoms with van der Waals surface area (Å²) >= 11 is 0. The minimum atomic E-state index is -1.44. The number of fused-ring (bicyclic) bond motifs is 1. The lowest BCUT2D eigenvalue weighted by Gasteiger charge is -2.16. The van der Waals surface area contributed by atoms with Gasteiger partial charge in [-0.1, -0.05) is 31.8 Å². The molecule has 1 heterocycles. The first kappa shape index (κ1) is 16.4. The fraction of sp³-hybridized carbons (Fsp3) is 0.375. The number of aliphatic carboxylic acids is 1. The van der Waals surface area contributed by atoms with Crippen LogP contribution in [-0.4, -0.2) is 36.1 Å². The molecule has 0 atom stereocenters. The number of carbonyl (C=O) groups excluding carboxylic acids is 1. The molecule has 0 bridgehead atoms. The van der Waals surface area contributed by atoms with E-state index in [1.165, 1.54) is 6.07 Å². The number of para-hydroxylation sites is 1. The molecule has 0 radical (unpaired) electrons. The molecule has 2 rings (SSSR count). The number of benzene rings is 1. The van der Waals surface area contributed by atoms with E-state index in [1.54, 1.807) is 10.6 Å². The van der Waals surface area contributed by atoms with Gasteiger partial charge in [0, 0.05) is 26.3 Å². The molecule has 118 valence electrons. The molecule has 1 aromatic carbocycles. The van der Waals surface area contributed by atoms with Crippen molar-refractivity contribution in [2.75, 3.05) is 6.61 Å². The third kappa shape index (κ3) is 3.83. The maximum absolute atomic E-state index is 11.8. The lowest BCUT2D eigenvalue weighted by Crippen LogP contribution is -2.22. The summed E-state index contributed by atoms with van der Waals surface area (Å²) in [6.07, 6.45) is 1.82. The van der Waals surface area contributed by atoms with Crippen LogP contribution >= 0.6 is 0 Å². The Morgan fingerprint density at radius 3 is 2.59 bits per heavy atom. The van der Waals surface area contributed by atoms with E-state index in [0.717, 1.165) is 11.4 Å². The minimum Gasteiger partial charge on any atom is -0.475 e. The first-order chi connectivity index (χ1) is 10.3. The van der Waals surface area contributed by atoms with Crippen LogP contribution in [0.5, 0.6) is 0 Å². The van der Waals surface area contributed by atoms with E-state index in [-0.39, 0.29) is 5.56 Å². The number of rotatable bonds is 7. The first-order valence-electron chi connectivity index (χ1n) is 7.23. The molecule has 0 spiro atoms. The molecule has 5 nitrogen and oxygen atoms in total. The van der Waals surface area contributed by atoms with Crippen LogP contribution in [0.1, 0.15) is 10.4 Å². The van der Waals surface area contributed by atoms with E-state index in [0.29, 0.717) is 18.9 Å². The highest BCUT2D eigenvalue weighted by Gasteiger charge is 2.19. The molecule has 0 unspecified atom stereocenters. The Labute approximate surface area is 130 Å². The maximum Gasteiger partial charge on any atom is 0.377 e. The predicted molar refractivity (Wildman–Crippen MR) is 88.0 cm³/mol. The number of nitrogens with zero attached hydrogens (tertiary/aromatic N) is 1. The molecule has 1 N–H and O–H groups in total. The van der Waals surface area contributed by atoms with Crippen molar-refractivity contribution in [3.63, 3.8) is 0 Å². The van der Waals surface area contributed by atoms with Crippen LogP contribution in [0.2, 0.25) is 25.7 Å². The normalized spacial score (nSPS) is 11.8. The SMILES string of the molecule is C[Si](C)(C)CCOCn1ccc2cccc(C(=O)C(=O)O)c21. The molecule has 0 aliphatic heterocycles. The summed E-state index contributed by atoms with van der Waals surface area (Å²) in [4.78, 5) is 22.8. The van der Waals surface area contributed by atoms with Gasteiger partial charge in [0.05, 0.1) is 11.1 Å². The summed E-state index contributed by atoms with van der Waals surface area (Å²) in [5, 5.41) is 9.78. The van der Waals surface area contributed by atoms with E-state index in [9.17, 15) is 9.59 Å². The zero-order chi connectivity index (χ0) is 16.3. The number of Topliss-reactive ketones (excluding diaryl/α,β-unsaturated/α-hetero) is 1. The van der Waals surface area contributed by atoms with E-state index in [1.807, 2.05) is 18.3 Å². The second-order valence-electron chi connectivity index (χ2n) is 6.51. The lowest BCUT2D eigenvalue weighted by molar-refractivity contribution is -0.131. The fourth-order valence-corrected chi connectivity index (χ4v) is 2.97. The van der Waals surface area contributed by atoms with Gasteiger partial charge in [0.25, 0.3) is 5.78 Å². The number of ether oxygens (including phenoxy) is 1. The van der Waals surface area contributed by atoms with Gasteiger partial charge in [-0.2, -0.15) is 0 Å². The fourth-order valence-electron chi connectivity index (χ4n) is 2.21. The van der Waals surface area contributed by atoms with Crippen LogP contribution in [0.4, 0.5) is 0 Å². The lowest BCUT2D eigenvalue weighted by atomic mass is 10.1. The van der Waals surface area contributed by atoms with Crippen LogP contribution in [0, 0.1) is 0 Å². The van der Waals surface area contributed by atoms with E-state index >= 15 is 0 Å². The van der Waals surface area contributed by atoms with Crippen molar-refractivity contribution in [3.05, 3.63) is 36.0 Å². The van der Waals surface area contributed by atoms with Gasteiger partial charge >= 0.3 is 5.97 Å². The quantitative estimate of drug-likeness (QED) is 0.368. The minimum absolute atomic E-state index is 0.198. The van der Waals surface area contributed by atoms with Crippen molar-refractivity contribution in [2.45, 2.75) is 32.4 Å². The van der Waals surface area contributed by atoms with Gasteiger partial charge in [0.1, 0.15) is 6.73 Å². The average molecular weight is 319 g/mol. The van der Waals surface area contributed by atoms with E-state index < -0.39 is 19.8 Å². The molecule has 0 saturated heterocycles. The standard InChI is InChI=1S/C16H21NO4Si/c1-22(2,3)10-9-21-11-17-8-7-12-5-4-6-13(14(12)17)15(18)16(19)20/h4-8H,9-11H2,1-3H3,(H,19,20). The van der Waals surface area contributed by atoms with Gasteiger partial charge in [-0.3, -0.25) is 4.79 Å². The topological polar surface area (TPSA) is 68.5 Å². The Hall–Kier alpha value is -1.92. The summed E-state index contributed by atoms with van der Waals surface area (Å²) in [6.45, 7) is 7.84. The molecule has 2 aromatic rings. The monoisotopic (exact) mass is 319 g/mol. The van der Waals surface area contributed by atoms with Gasteiger partial charge in [0.2, 0.25) is 0 Å². The average Bonchev–Trinajstić information content (AvgIpc) is 2.85. The summed E-state index contributed by atoms with van der Waals surface area (Å²) < 4.78 is 7.48. The number of hydrogen-bond acceptors (Lipinski definition) is 3. The van der Waals surface area contributed by atoms with Crippen molar-refractivity contribution < 1.29 is 19.4 Å². The zero-order valence-corrected chi connectivity index (χ0v) is 14.1. The van der Waals surface area contributed by atoms with Crippen LogP contribution < -0.4 is 0 Å². The first-order valence-corrected chi connectivity index (χ1v) is 10.9. The number of ketones is 1. The Bertz CT molecular complexity index is 700. The molecule has 0 aliphatic carbocycles. The highest BCUT2D eigenvalue weighted by atomic mass is 28.3. The molecular weight excluding hydrogens is 298 g/mol. The molecule has 0 fully saturated rings.